The van der Waals surface area contributed by atoms with E-state index in [1.165, 1.54) is 24.8 Å². The van der Waals surface area contributed by atoms with E-state index in [9.17, 15) is 0 Å². The van der Waals surface area contributed by atoms with E-state index >= 15 is 0 Å². The minimum absolute atomic E-state index is 0.697. The van der Waals surface area contributed by atoms with Crippen molar-refractivity contribution in [3.05, 3.63) is 11.6 Å². The summed E-state index contributed by atoms with van der Waals surface area (Å²) in [5.74, 6) is 0.904. The molecule has 2 heteroatoms. The zero-order valence-electron chi connectivity index (χ0n) is 7.10. The topological polar surface area (TPSA) is 12.0 Å². The molecule has 0 saturated carbocycles. The van der Waals surface area contributed by atoms with Crippen LogP contribution >= 0.6 is 12.6 Å². The summed E-state index contributed by atoms with van der Waals surface area (Å²) in [6, 6.07) is 0.697. The van der Waals surface area contributed by atoms with Crippen LogP contribution in [0.4, 0.5) is 0 Å². The molecule has 0 aromatic heterocycles. The minimum atomic E-state index is 0.697. The van der Waals surface area contributed by atoms with Crippen molar-refractivity contribution in [2.24, 2.45) is 0 Å². The summed E-state index contributed by atoms with van der Waals surface area (Å²) < 4.78 is 0. The Labute approximate surface area is 74.7 Å². The molecule has 1 aliphatic heterocycles. The van der Waals surface area contributed by atoms with Gasteiger partial charge in [-0.2, -0.15) is 0 Å². The number of hydrogen-bond acceptors (Lipinski definition) is 1. The Balaban J connectivity index is 2.21. The van der Waals surface area contributed by atoms with Crippen LogP contribution in [0.2, 0.25) is 0 Å². The zero-order chi connectivity index (χ0) is 8.10. The van der Waals surface area contributed by atoms with Crippen molar-refractivity contribution in [1.82, 2.24) is 5.32 Å². The van der Waals surface area contributed by atoms with Crippen LogP contribution in [0.1, 0.15) is 26.2 Å². The van der Waals surface area contributed by atoms with E-state index < -0.39 is 0 Å². The van der Waals surface area contributed by atoms with Gasteiger partial charge >= 0.3 is 0 Å². The molecule has 1 heterocycles. The first-order valence-corrected chi connectivity index (χ1v) is 4.88. The maximum Gasteiger partial charge on any atom is 0.0140 e. The maximum atomic E-state index is 4.91. The molecule has 1 N–H and O–H groups in total. The summed E-state index contributed by atoms with van der Waals surface area (Å²) in [7, 11) is 0. The van der Waals surface area contributed by atoms with Crippen molar-refractivity contribution < 1.29 is 0 Å². The summed E-state index contributed by atoms with van der Waals surface area (Å²) in [5, 5.41) is 3.46. The maximum absolute atomic E-state index is 4.91. The molecule has 0 bridgehead atoms. The van der Waals surface area contributed by atoms with Crippen LogP contribution in [0, 0.1) is 0 Å². The normalized spacial score (nSPS) is 24.9. The van der Waals surface area contributed by atoms with Gasteiger partial charge in [0.15, 0.2) is 0 Å². The molecule has 1 rings (SSSR count). The summed E-state index contributed by atoms with van der Waals surface area (Å²) in [6.07, 6.45) is 5.91. The van der Waals surface area contributed by atoms with E-state index in [0.29, 0.717) is 6.04 Å². The van der Waals surface area contributed by atoms with Gasteiger partial charge in [0.2, 0.25) is 0 Å². The predicted molar refractivity (Wildman–Crippen MR) is 51.9 cm³/mol. The molecule has 0 aliphatic carbocycles. The Kier molecular flexibility index (Phi) is 4.02. The lowest BCUT2D eigenvalue weighted by molar-refractivity contribution is 0.478. The number of hydrogen-bond donors (Lipinski definition) is 1. The lowest BCUT2D eigenvalue weighted by atomic mass is 10.00. The van der Waals surface area contributed by atoms with E-state index in [1.54, 1.807) is 0 Å². The molecule has 0 saturated heterocycles. The van der Waals surface area contributed by atoms with Crippen LogP contribution < -0.4 is 5.32 Å². The van der Waals surface area contributed by atoms with Crippen molar-refractivity contribution in [3.8, 4) is 0 Å². The summed E-state index contributed by atoms with van der Waals surface area (Å²) in [6.45, 7) is 3.26. The first-order valence-electron chi connectivity index (χ1n) is 4.30. The Morgan fingerprint density at radius 3 is 3.18 bits per heavy atom. The SMILES string of the molecule is CC1=CCN[C@H](CCC[S])C1. The van der Waals surface area contributed by atoms with Crippen molar-refractivity contribution in [1.29, 1.82) is 0 Å². The van der Waals surface area contributed by atoms with Gasteiger partial charge in [-0.1, -0.05) is 24.3 Å². The zero-order valence-corrected chi connectivity index (χ0v) is 7.91. The third-order valence-corrected chi connectivity index (χ3v) is 2.41. The van der Waals surface area contributed by atoms with Gasteiger partial charge in [-0.25, -0.2) is 0 Å². The first-order chi connectivity index (χ1) is 5.33. The Hall–Kier alpha value is 0.0500. The van der Waals surface area contributed by atoms with Gasteiger partial charge in [0.05, 0.1) is 0 Å². The molecule has 11 heavy (non-hydrogen) atoms. The fourth-order valence-electron chi connectivity index (χ4n) is 1.48. The van der Waals surface area contributed by atoms with Gasteiger partial charge in [-0.05, 0) is 26.2 Å². The standard InChI is InChI=1S/C9H16NS/c1-8-4-5-10-9(7-8)3-2-6-11/h4,9-10H,2-3,5-7H2,1H3/t9-/m1/s1. The van der Waals surface area contributed by atoms with Crippen LogP contribution in [-0.4, -0.2) is 18.3 Å². The van der Waals surface area contributed by atoms with Crippen molar-refractivity contribution >= 4 is 12.6 Å². The molecule has 1 aliphatic rings. The number of nitrogens with one attached hydrogen (secondary N) is 1. The third-order valence-electron chi connectivity index (χ3n) is 2.12. The number of rotatable bonds is 3. The molecule has 0 spiro atoms. The van der Waals surface area contributed by atoms with E-state index in [2.05, 4.69) is 18.3 Å². The molecule has 0 fully saturated rings. The Morgan fingerprint density at radius 2 is 2.55 bits per heavy atom. The second-order valence-corrected chi connectivity index (χ2v) is 3.61. The lowest BCUT2D eigenvalue weighted by Crippen LogP contribution is -2.32. The molecule has 1 nitrogen and oxygen atoms in total. The van der Waals surface area contributed by atoms with E-state index in [4.69, 9.17) is 12.6 Å². The smallest absolute Gasteiger partial charge is 0.0140 e. The van der Waals surface area contributed by atoms with Crippen molar-refractivity contribution in [2.75, 3.05) is 12.3 Å². The highest BCUT2D eigenvalue weighted by Crippen LogP contribution is 2.13. The second-order valence-electron chi connectivity index (χ2n) is 3.21. The van der Waals surface area contributed by atoms with Gasteiger partial charge in [-0.15, -0.1) is 0 Å². The summed E-state index contributed by atoms with van der Waals surface area (Å²) in [4.78, 5) is 0. The average molecular weight is 170 g/mol. The highest BCUT2D eigenvalue weighted by atomic mass is 32.1. The predicted octanol–water partition coefficient (Wildman–Crippen LogP) is 2.27. The van der Waals surface area contributed by atoms with Crippen LogP contribution in [0.3, 0.4) is 0 Å². The van der Waals surface area contributed by atoms with E-state index in [0.717, 1.165) is 12.3 Å². The van der Waals surface area contributed by atoms with Crippen LogP contribution in [0.25, 0.3) is 0 Å². The molecule has 0 amide bonds. The van der Waals surface area contributed by atoms with Crippen LogP contribution in [0.5, 0.6) is 0 Å². The van der Waals surface area contributed by atoms with Crippen LogP contribution in [-0.2, 0) is 0 Å². The lowest BCUT2D eigenvalue weighted by Gasteiger charge is -2.22. The third kappa shape index (κ3) is 3.30. The molecule has 0 aromatic rings. The van der Waals surface area contributed by atoms with Gasteiger partial charge in [0, 0.05) is 18.3 Å². The van der Waals surface area contributed by atoms with Crippen molar-refractivity contribution in [3.63, 3.8) is 0 Å². The minimum Gasteiger partial charge on any atom is -0.310 e. The van der Waals surface area contributed by atoms with Gasteiger partial charge in [0.1, 0.15) is 0 Å². The van der Waals surface area contributed by atoms with Gasteiger partial charge in [-0.3, -0.25) is 0 Å². The van der Waals surface area contributed by atoms with E-state index in [-0.39, 0.29) is 0 Å². The molecule has 63 valence electrons. The van der Waals surface area contributed by atoms with Gasteiger partial charge in [0.25, 0.3) is 0 Å². The molecular weight excluding hydrogens is 154 g/mol. The molecule has 0 aromatic carbocycles. The summed E-state index contributed by atoms with van der Waals surface area (Å²) in [5.41, 5.74) is 1.53. The van der Waals surface area contributed by atoms with Crippen molar-refractivity contribution in [2.45, 2.75) is 32.2 Å². The van der Waals surface area contributed by atoms with Crippen LogP contribution in [0.15, 0.2) is 11.6 Å². The van der Waals surface area contributed by atoms with Gasteiger partial charge < -0.3 is 5.32 Å². The fourth-order valence-corrected chi connectivity index (χ4v) is 1.64. The largest absolute Gasteiger partial charge is 0.310 e. The first kappa shape index (κ1) is 9.14. The Morgan fingerprint density at radius 1 is 1.73 bits per heavy atom. The molecular formula is C9H16NS. The average Bonchev–Trinajstić information content (AvgIpc) is 2.01. The quantitative estimate of drug-likeness (QED) is 0.641. The molecule has 1 radical (unpaired) electrons. The monoisotopic (exact) mass is 170 g/mol. The fraction of sp³-hybridized carbons (Fsp3) is 0.778. The summed E-state index contributed by atoms with van der Waals surface area (Å²) >= 11 is 4.91. The highest BCUT2D eigenvalue weighted by molar-refractivity contribution is 7.80. The van der Waals surface area contributed by atoms with E-state index in [1.807, 2.05) is 0 Å². The molecule has 1 atom stereocenters. The second kappa shape index (κ2) is 4.83. The molecule has 0 unspecified atom stereocenters. The Bertz CT molecular complexity index is 142. The highest BCUT2D eigenvalue weighted by Gasteiger charge is 2.10.